The first-order valence-corrected chi connectivity index (χ1v) is 10.3. The molecule has 1 aromatic carbocycles. The molecule has 2 aromatic rings. The molecule has 1 unspecified atom stereocenters. The van der Waals surface area contributed by atoms with Crippen LogP contribution in [0, 0.1) is 0 Å². The maximum atomic E-state index is 12.0. The van der Waals surface area contributed by atoms with Crippen molar-refractivity contribution in [2.75, 3.05) is 12.4 Å². The summed E-state index contributed by atoms with van der Waals surface area (Å²) in [5.74, 6) is -0.359. The van der Waals surface area contributed by atoms with Gasteiger partial charge in [0.1, 0.15) is 5.00 Å². The molecule has 0 radical (unpaired) electrons. The first-order valence-electron chi connectivity index (χ1n) is 9.04. The Labute approximate surface area is 171 Å². The predicted octanol–water partition coefficient (Wildman–Crippen LogP) is 5.44. The Morgan fingerprint density at radius 2 is 1.89 bits per heavy atom. The SMILES string of the molecule is CCc1cc(C(=O)OC)c(NC(=S)NC(C)c2ccc(C(C)(C)C)cc2)s1. The Morgan fingerprint density at radius 3 is 2.41 bits per heavy atom. The average molecular weight is 405 g/mol. The molecule has 27 heavy (non-hydrogen) atoms. The van der Waals surface area contributed by atoms with Gasteiger partial charge < -0.3 is 15.4 Å². The van der Waals surface area contributed by atoms with Crippen LogP contribution in [0.25, 0.3) is 0 Å². The van der Waals surface area contributed by atoms with Gasteiger partial charge in [0.15, 0.2) is 5.11 Å². The lowest BCUT2D eigenvalue weighted by atomic mass is 9.86. The highest BCUT2D eigenvalue weighted by Gasteiger charge is 2.18. The molecule has 0 aliphatic carbocycles. The van der Waals surface area contributed by atoms with Gasteiger partial charge >= 0.3 is 5.97 Å². The van der Waals surface area contributed by atoms with Crippen molar-refractivity contribution in [3.8, 4) is 0 Å². The van der Waals surface area contributed by atoms with Crippen LogP contribution >= 0.6 is 23.6 Å². The number of esters is 1. The third kappa shape index (κ3) is 5.53. The van der Waals surface area contributed by atoms with Crippen LogP contribution in [0.5, 0.6) is 0 Å². The normalized spacial score (nSPS) is 12.4. The fourth-order valence-electron chi connectivity index (χ4n) is 2.66. The van der Waals surface area contributed by atoms with Gasteiger partial charge in [0, 0.05) is 4.88 Å². The molecule has 1 aromatic heterocycles. The molecule has 2 rings (SSSR count). The molecule has 0 bridgehead atoms. The summed E-state index contributed by atoms with van der Waals surface area (Å²) in [7, 11) is 1.38. The summed E-state index contributed by atoms with van der Waals surface area (Å²) in [6.07, 6.45) is 0.854. The first-order chi connectivity index (χ1) is 12.7. The van der Waals surface area contributed by atoms with Crippen LogP contribution in [-0.4, -0.2) is 18.2 Å². The molecule has 0 saturated heterocycles. The van der Waals surface area contributed by atoms with Crippen molar-refractivity contribution in [3.63, 3.8) is 0 Å². The minimum Gasteiger partial charge on any atom is -0.465 e. The fourth-order valence-corrected chi connectivity index (χ4v) is 3.99. The summed E-state index contributed by atoms with van der Waals surface area (Å²) in [5, 5.41) is 7.64. The van der Waals surface area contributed by atoms with Gasteiger partial charge in [-0.15, -0.1) is 11.3 Å². The molecule has 6 heteroatoms. The van der Waals surface area contributed by atoms with Crippen LogP contribution in [0.15, 0.2) is 30.3 Å². The van der Waals surface area contributed by atoms with Gasteiger partial charge in [-0.05, 0) is 48.2 Å². The van der Waals surface area contributed by atoms with Crippen LogP contribution in [0.3, 0.4) is 0 Å². The maximum absolute atomic E-state index is 12.0. The number of hydrogen-bond acceptors (Lipinski definition) is 4. The minimum atomic E-state index is -0.359. The number of benzene rings is 1. The van der Waals surface area contributed by atoms with Crippen molar-refractivity contribution in [3.05, 3.63) is 51.9 Å². The number of anilines is 1. The number of ether oxygens (including phenoxy) is 1. The molecule has 146 valence electrons. The van der Waals surface area contributed by atoms with Crippen LogP contribution < -0.4 is 10.6 Å². The molecule has 1 heterocycles. The molecule has 0 fully saturated rings. The number of rotatable bonds is 5. The second-order valence-electron chi connectivity index (χ2n) is 7.49. The van der Waals surface area contributed by atoms with Crippen LogP contribution in [0.4, 0.5) is 5.00 Å². The largest absolute Gasteiger partial charge is 0.465 e. The molecular formula is C21H28N2O2S2. The predicted molar refractivity (Wildman–Crippen MR) is 118 cm³/mol. The number of thiocarbonyl (C=S) groups is 1. The lowest BCUT2D eigenvalue weighted by Gasteiger charge is -2.21. The van der Waals surface area contributed by atoms with Crippen molar-refractivity contribution < 1.29 is 9.53 Å². The summed E-state index contributed by atoms with van der Waals surface area (Å²) < 4.78 is 4.87. The third-order valence-corrected chi connectivity index (χ3v) is 5.80. The second-order valence-corrected chi connectivity index (χ2v) is 9.04. The Kier molecular flexibility index (Phi) is 7.00. The van der Waals surface area contributed by atoms with Crippen molar-refractivity contribution in [1.29, 1.82) is 0 Å². The third-order valence-electron chi connectivity index (χ3n) is 4.39. The smallest absolute Gasteiger partial charge is 0.340 e. The molecule has 2 N–H and O–H groups in total. The summed E-state index contributed by atoms with van der Waals surface area (Å²) in [6.45, 7) is 10.7. The van der Waals surface area contributed by atoms with E-state index in [0.29, 0.717) is 15.7 Å². The molecule has 1 atom stereocenters. The number of carbonyl (C=O) groups excluding carboxylic acids is 1. The zero-order valence-electron chi connectivity index (χ0n) is 16.8. The maximum Gasteiger partial charge on any atom is 0.340 e. The van der Waals surface area contributed by atoms with Gasteiger partial charge in [-0.25, -0.2) is 4.79 Å². The van der Waals surface area contributed by atoms with E-state index in [4.69, 9.17) is 17.0 Å². The molecule has 0 saturated carbocycles. The molecule has 4 nitrogen and oxygen atoms in total. The van der Waals surface area contributed by atoms with E-state index in [0.717, 1.165) is 16.9 Å². The van der Waals surface area contributed by atoms with Crippen molar-refractivity contribution in [2.24, 2.45) is 0 Å². The molecule has 0 spiro atoms. The van der Waals surface area contributed by atoms with Gasteiger partial charge in [-0.3, -0.25) is 0 Å². The van der Waals surface area contributed by atoms with E-state index in [1.165, 1.54) is 24.0 Å². The van der Waals surface area contributed by atoms with E-state index in [-0.39, 0.29) is 17.4 Å². The van der Waals surface area contributed by atoms with Crippen LogP contribution in [-0.2, 0) is 16.6 Å². The number of aryl methyl sites for hydroxylation is 1. The van der Waals surface area contributed by atoms with E-state index < -0.39 is 0 Å². The average Bonchev–Trinajstić information content (AvgIpc) is 3.03. The zero-order chi connectivity index (χ0) is 20.2. The van der Waals surface area contributed by atoms with Crippen molar-refractivity contribution in [2.45, 2.75) is 52.5 Å². The number of carbonyl (C=O) groups is 1. The van der Waals surface area contributed by atoms with Gasteiger partial charge in [-0.1, -0.05) is 52.0 Å². The highest BCUT2D eigenvalue weighted by molar-refractivity contribution is 7.80. The highest BCUT2D eigenvalue weighted by atomic mass is 32.1. The molecular weight excluding hydrogens is 376 g/mol. The number of methoxy groups -OCH3 is 1. The number of nitrogens with one attached hydrogen (secondary N) is 2. The van der Waals surface area contributed by atoms with E-state index in [1.807, 2.05) is 6.07 Å². The lowest BCUT2D eigenvalue weighted by molar-refractivity contribution is 0.0602. The number of thiophene rings is 1. The molecule has 0 aliphatic heterocycles. The Bertz CT molecular complexity index is 805. The monoisotopic (exact) mass is 404 g/mol. The summed E-state index contributed by atoms with van der Waals surface area (Å²) >= 11 is 6.98. The standard InChI is InChI=1S/C21H28N2O2S2/c1-7-16-12-17(19(24)25-6)18(27-16)23-20(26)22-13(2)14-8-10-15(11-9-14)21(3,4)5/h8-13H,7H2,1-6H3,(H2,22,23,26). The van der Waals surface area contributed by atoms with Gasteiger partial charge in [0.2, 0.25) is 0 Å². The molecule has 0 amide bonds. The van der Waals surface area contributed by atoms with Crippen LogP contribution in [0.1, 0.15) is 67.0 Å². The first kappa shape index (κ1) is 21.4. The van der Waals surface area contributed by atoms with E-state index in [2.05, 4.69) is 69.5 Å². The van der Waals surface area contributed by atoms with E-state index in [1.54, 1.807) is 0 Å². The van der Waals surface area contributed by atoms with E-state index >= 15 is 0 Å². The van der Waals surface area contributed by atoms with Crippen molar-refractivity contribution >= 4 is 39.6 Å². The van der Waals surface area contributed by atoms with Crippen molar-refractivity contribution in [1.82, 2.24) is 5.32 Å². The number of hydrogen-bond donors (Lipinski definition) is 2. The highest BCUT2D eigenvalue weighted by Crippen LogP contribution is 2.29. The summed E-state index contributed by atoms with van der Waals surface area (Å²) in [5.41, 5.74) is 3.10. The lowest BCUT2D eigenvalue weighted by Crippen LogP contribution is -2.31. The molecule has 0 aliphatic rings. The second kappa shape index (κ2) is 8.85. The van der Waals surface area contributed by atoms with Gasteiger partial charge in [-0.2, -0.15) is 0 Å². The fraction of sp³-hybridized carbons (Fsp3) is 0.429. The van der Waals surface area contributed by atoms with Crippen LogP contribution in [0.2, 0.25) is 0 Å². The topological polar surface area (TPSA) is 50.4 Å². The Balaban J connectivity index is 2.07. The zero-order valence-corrected chi connectivity index (χ0v) is 18.4. The Hall–Kier alpha value is -1.92. The van der Waals surface area contributed by atoms with Gasteiger partial charge in [0.05, 0.1) is 18.7 Å². The quantitative estimate of drug-likeness (QED) is 0.513. The summed E-state index contributed by atoms with van der Waals surface area (Å²) in [6, 6.07) is 10.5. The summed E-state index contributed by atoms with van der Waals surface area (Å²) in [4.78, 5) is 13.1. The minimum absolute atomic E-state index is 0.0474. The Morgan fingerprint density at radius 1 is 1.26 bits per heavy atom. The van der Waals surface area contributed by atoms with E-state index in [9.17, 15) is 4.79 Å². The van der Waals surface area contributed by atoms with Gasteiger partial charge in [0.25, 0.3) is 0 Å².